The van der Waals surface area contributed by atoms with Crippen LogP contribution in [0.1, 0.15) is 62.3 Å². The molecule has 0 saturated carbocycles. The third kappa shape index (κ3) is 5.14. The van der Waals surface area contributed by atoms with Gasteiger partial charge in [-0.25, -0.2) is 4.79 Å². The molecule has 0 spiro atoms. The molecule has 178 valence electrons. The first-order chi connectivity index (χ1) is 13.8. The van der Waals surface area contributed by atoms with Crippen molar-refractivity contribution >= 4 is 37.9 Å². The number of esters is 2. The van der Waals surface area contributed by atoms with Crippen molar-refractivity contribution in [1.82, 2.24) is 4.90 Å². The Hall–Kier alpha value is -1.06. The van der Waals surface area contributed by atoms with E-state index in [1.807, 2.05) is 20.8 Å². The van der Waals surface area contributed by atoms with Gasteiger partial charge in [-0.15, -0.1) is 11.8 Å². The molecule has 2 rings (SSSR count). The maximum atomic E-state index is 13.1. The molecule has 0 radical (unpaired) electrons. The molecule has 0 aromatic rings. The molecular formula is C22H39NO6SSi. The maximum absolute atomic E-state index is 13.1. The number of hydrogen-bond acceptors (Lipinski definition) is 7. The van der Waals surface area contributed by atoms with E-state index in [1.165, 1.54) is 0 Å². The van der Waals surface area contributed by atoms with Crippen molar-refractivity contribution in [3.05, 3.63) is 0 Å². The van der Waals surface area contributed by atoms with Crippen LogP contribution in [0.5, 0.6) is 0 Å². The Balaban J connectivity index is 2.05. The third-order valence-corrected chi connectivity index (χ3v) is 12.7. The summed E-state index contributed by atoms with van der Waals surface area (Å²) in [6, 6.07) is -0.723. The van der Waals surface area contributed by atoms with Gasteiger partial charge in [0.15, 0.2) is 8.32 Å². The Morgan fingerprint density at radius 2 is 1.68 bits per heavy atom. The Morgan fingerprint density at radius 3 is 2.16 bits per heavy atom. The van der Waals surface area contributed by atoms with Gasteiger partial charge in [-0.3, -0.25) is 9.59 Å². The van der Waals surface area contributed by atoms with Gasteiger partial charge in [-0.05, 0) is 59.7 Å². The topological polar surface area (TPSA) is 82.1 Å². The smallest absolute Gasteiger partial charge is 0.333 e. The number of β-lactam (4-membered cyclic amide) rings is 1. The summed E-state index contributed by atoms with van der Waals surface area (Å²) in [5.41, 5.74) is -0.680. The molecule has 0 aliphatic carbocycles. The monoisotopic (exact) mass is 473 g/mol. The van der Waals surface area contributed by atoms with E-state index in [9.17, 15) is 14.4 Å². The minimum absolute atomic E-state index is 0.0483. The molecule has 0 aromatic carbocycles. The van der Waals surface area contributed by atoms with Crippen LogP contribution < -0.4 is 0 Å². The summed E-state index contributed by atoms with van der Waals surface area (Å²) in [5.74, 6) is -1.36. The van der Waals surface area contributed by atoms with Crippen molar-refractivity contribution in [1.29, 1.82) is 0 Å². The molecule has 2 heterocycles. The van der Waals surface area contributed by atoms with Gasteiger partial charge >= 0.3 is 11.9 Å². The van der Waals surface area contributed by atoms with E-state index in [1.54, 1.807) is 37.4 Å². The lowest BCUT2D eigenvalue weighted by atomic mass is 9.88. The van der Waals surface area contributed by atoms with Crippen LogP contribution in [-0.4, -0.2) is 60.1 Å². The van der Waals surface area contributed by atoms with Gasteiger partial charge in [0.2, 0.25) is 12.7 Å². The van der Waals surface area contributed by atoms with Crippen LogP contribution in [0, 0.1) is 11.3 Å². The van der Waals surface area contributed by atoms with E-state index in [2.05, 4.69) is 33.9 Å². The summed E-state index contributed by atoms with van der Waals surface area (Å²) in [6.45, 7) is 21.4. The van der Waals surface area contributed by atoms with Crippen LogP contribution in [0.15, 0.2) is 0 Å². The molecule has 7 nitrogen and oxygen atoms in total. The van der Waals surface area contributed by atoms with Gasteiger partial charge in [0, 0.05) is 4.75 Å². The van der Waals surface area contributed by atoms with E-state index in [0.717, 1.165) is 0 Å². The van der Waals surface area contributed by atoms with Gasteiger partial charge in [0.1, 0.15) is 6.04 Å². The molecule has 0 bridgehead atoms. The van der Waals surface area contributed by atoms with Crippen molar-refractivity contribution in [2.24, 2.45) is 11.3 Å². The molecule has 2 fully saturated rings. The van der Waals surface area contributed by atoms with E-state index in [4.69, 9.17) is 13.9 Å². The van der Waals surface area contributed by atoms with Crippen LogP contribution in [0.2, 0.25) is 18.1 Å². The predicted molar refractivity (Wildman–Crippen MR) is 124 cm³/mol. The predicted octanol–water partition coefficient (Wildman–Crippen LogP) is 4.17. The Morgan fingerprint density at radius 1 is 1.13 bits per heavy atom. The van der Waals surface area contributed by atoms with E-state index in [-0.39, 0.29) is 28.3 Å². The number of ether oxygens (including phenoxy) is 2. The SMILES string of the molecule is C[C@H](O[Si](C)(C)C(C)(C)C)[C@@H]1C(=O)N2[C@@H]1SC(C)(C)[C@@H]2C(=O)OCOC(=O)C(C)(C)C. The van der Waals surface area contributed by atoms with E-state index in [0.29, 0.717) is 0 Å². The van der Waals surface area contributed by atoms with Crippen molar-refractivity contribution in [3.8, 4) is 0 Å². The average molecular weight is 474 g/mol. The summed E-state index contributed by atoms with van der Waals surface area (Å²) in [5, 5.41) is -0.0796. The molecule has 2 saturated heterocycles. The maximum Gasteiger partial charge on any atom is 0.333 e. The summed E-state index contributed by atoms with van der Waals surface area (Å²) in [7, 11) is -2.03. The molecule has 31 heavy (non-hydrogen) atoms. The zero-order valence-corrected chi connectivity index (χ0v) is 22.6. The lowest BCUT2D eigenvalue weighted by Crippen LogP contribution is -2.66. The third-order valence-electron chi connectivity index (χ3n) is 6.50. The molecule has 4 atom stereocenters. The highest BCUT2D eigenvalue weighted by Gasteiger charge is 2.65. The van der Waals surface area contributed by atoms with Gasteiger partial charge in [-0.2, -0.15) is 0 Å². The highest BCUT2D eigenvalue weighted by molar-refractivity contribution is 8.01. The van der Waals surface area contributed by atoms with Crippen LogP contribution in [-0.2, 0) is 28.3 Å². The minimum atomic E-state index is -2.03. The lowest BCUT2D eigenvalue weighted by Gasteiger charge is -2.48. The van der Waals surface area contributed by atoms with Crippen LogP contribution >= 0.6 is 11.8 Å². The number of nitrogens with zero attached hydrogens (tertiary/aromatic N) is 1. The highest BCUT2D eigenvalue weighted by atomic mass is 32.2. The summed E-state index contributed by atoms with van der Waals surface area (Å²) >= 11 is 1.60. The molecule has 0 aromatic heterocycles. The Labute approximate surface area is 192 Å². The van der Waals surface area contributed by atoms with Crippen molar-refractivity contribution in [2.45, 2.75) is 103 Å². The normalized spacial score (nSPS) is 26.7. The first-order valence-corrected chi connectivity index (χ1v) is 14.6. The van der Waals surface area contributed by atoms with Gasteiger partial charge in [0.05, 0.1) is 22.8 Å². The number of carbonyl (C=O) groups excluding carboxylic acids is 3. The van der Waals surface area contributed by atoms with Crippen LogP contribution in [0.4, 0.5) is 0 Å². The van der Waals surface area contributed by atoms with Crippen LogP contribution in [0.25, 0.3) is 0 Å². The standard InChI is InChI=1S/C22H39NO6SSi/c1-13(29-31(10,11)21(5,6)7)14-16(24)23-15(22(8,9)30-17(14)23)18(25)27-12-28-19(26)20(2,3)4/h13-15,17H,12H2,1-11H3/t13-,14+,15-,17+/m0/s1. The first-order valence-electron chi connectivity index (χ1n) is 10.8. The highest BCUT2D eigenvalue weighted by Crippen LogP contribution is 2.55. The number of rotatable bonds is 6. The van der Waals surface area contributed by atoms with Gasteiger partial charge in [-0.1, -0.05) is 20.8 Å². The summed E-state index contributed by atoms with van der Waals surface area (Å²) < 4.78 is 16.2. The Kier molecular flexibility index (Phi) is 7.07. The van der Waals surface area contributed by atoms with Crippen LogP contribution in [0.3, 0.4) is 0 Å². The second-order valence-corrected chi connectivity index (χ2v) is 18.2. The number of amides is 1. The molecule has 0 unspecified atom stereocenters. The minimum Gasteiger partial charge on any atom is -0.427 e. The summed E-state index contributed by atoms with van der Waals surface area (Å²) in [4.78, 5) is 39.4. The van der Waals surface area contributed by atoms with Crippen molar-refractivity contribution in [2.75, 3.05) is 6.79 Å². The Bertz CT molecular complexity index is 739. The lowest BCUT2D eigenvalue weighted by molar-refractivity contribution is -0.182. The first kappa shape index (κ1) is 26.2. The fourth-order valence-corrected chi connectivity index (χ4v) is 6.82. The second kappa shape index (κ2) is 8.37. The van der Waals surface area contributed by atoms with Gasteiger partial charge < -0.3 is 18.8 Å². The molecule has 0 N–H and O–H groups in total. The fraction of sp³-hybridized carbons (Fsp3) is 0.864. The van der Waals surface area contributed by atoms with E-state index < -0.39 is 43.3 Å². The largest absolute Gasteiger partial charge is 0.427 e. The van der Waals surface area contributed by atoms with Crippen molar-refractivity contribution < 1.29 is 28.3 Å². The zero-order chi connectivity index (χ0) is 24.2. The summed E-state index contributed by atoms with van der Waals surface area (Å²) in [6.07, 6.45) is -0.222. The average Bonchev–Trinajstić information content (AvgIpc) is 2.79. The second-order valence-electron chi connectivity index (χ2n) is 11.6. The van der Waals surface area contributed by atoms with Gasteiger partial charge in [0.25, 0.3) is 0 Å². The number of fused-ring (bicyclic) bond motifs is 1. The van der Waals surface area contributed by atoms with E-state index >= 15 is 0 Å². The quantitative estimate of drug-likeness (QED) is 0.248. The number of thioether (sulfide) groups is 1. The number of carbonyl (C=O) groups is 3. The molecular weight excluding hydrogens is 434 g/mol. The zero-order valence-electron chi connectivity index (χ0n) is 20.8. The molecule has 1 amide bonds. The molecule has 2 aliphatic heterocycles. The van der Waals surface area contributed by atoms with Crippen molar-refractivity contribution in [3.63, 3.8) is 0 Å². The molecule has 2 aliphatic rings. The molecule has 9 heteroatoms. The number of hydrogen-bond donors (Lipinski definition) is 0. The fourth-order valence-electron chi connectivity index (χ4n) is 3.61.